The van der Waals surface area contributed by atoms with E-state index in [1.54, 1.807) is 44.2 Å². The lowest BCUT2D eigenvalue weighted by Crippen LogP contribution is -2.14. The summed E-state index contributed by atoms with van der Waals surface area (Å²) in [5.74, 6) is -0.486. The summed E-state index contributed by atoms with van der Waals surface area (Å²) < 4.78 is 45.5. The Bertz CT molecular complexity index is 1000. The Hall–Kier alpha value is -2.73. The first kappa shape index (κ1) is 21.0. The molecule has 2 nitrogen and oxygen atoms in total. The number of hydrogen-bond acceptors (Lipinski definition) is 2. The van der Waals surface area contributed by atoms with Crippen molar-refractivity contribution >= 4 is 16.9 Å². The second-order valence-electron chi connectivity index (χ2n) is 6.37. The number of carbonyl (C=O) groups is 1. The molecule has 0 aliphatic heterocycles. The lowest BCUT2D eigenvalue weighted by molar-refractivity contribution is -0.137. The zero-order valence-corrected chi connectivity index (χ0v) is 16.8. The molecule has 6 heteroatoms. The topological polar surface area (TPSA) is 26.3 Å². The number of benzene rings is 3. The van der Waals surface area contributed by atoms with Gasteiger partial charge < -0.3 is 4.74 Å². The van der Waals surface area contributed by atoms with Crippen molar-refractivity contribution in [2.45, 2.75) is 34.7 Å². The van der Waals surface area contributed by atoms with Gasteiger partial charge in [0.05, 0.1) is 12.2 Å². The van der Waals surface area contributed by atoms with Gasteiger partial charge >= 0.3 is 12.1 Å². The van der Waals surface area contributed by atoms with Gasteiger partial charge in [-0.2, -0.15) is 13.2 Å². The van der Waals surface area contributed by atoms with Crippen LogP contribution in [-0.2, 0) is 21.8 Å². The maximum atomic E-state index is 13.5. The van der Waals surface area contributed by atoms with Gasteiger partial charge in [0.1, 0.15) is 16.5 Å². The molecule has 0 radical (unpaired) electrons. The molecular formula is C23H20F3O2S+. The molecule has 1 unspecified atom stereocenters. The molecule has 29 heavy (non-hydrogen) atoms. The molecule has 0 saturated heterocycles. The van der Waals surface area contributed by atoms with Gasteiger partial charge in [0.2, 0.25) is 0 Å². The van der Waals surface area contributed by atoms with Crippen LogP contribution in [0.15, 0.2) is 87.5 Å². The van der Waals surface area contributed by atoms with Crippen molar-refractivity contribution in [1.82, 2.24) is 0 Å². The number of aryl methyl sites for hydroxylation is 1. The van der Waals surface area contributed by atoms with Crippen molar-refractivity contribution in [3.05, 3.63) is 89.5 Å². The minimum Gasteiger partial charge on any atom is -0.462 e. The maximum absolute atomic E-state index is 13.5. The van der Waals surface area contributed by atoms with Crippen LogP contribution in [0.4, 0.5) is 13.2 Å². The first-order valence-corrected chi connectivity index (χ1v) is 10.3. The quantitative estimate of drug-likeness (QED) is 0.360. The summed E-state index contributed by atoms with van der Waals surface area (Å²) in [6.45, 7) is 3.57. The van der Waals surface area contributed by atoms with Crippen LogP contribution in [0.3, 0.4) is 0 Å². The molecule has 3 rings (SSSR count). The van der Waals surface area contributed by atoms with Crippen LogP contribution in [0.25, 0.3) is 0 Å². The predicted octanol–water partition coefficient (Wildman–Crippen LogP) is 6.29. The van der Waals surface area contributed by atoms with Crippen LogP contribution >= 0.6 is 0 Å². The Labute approximate surface area is 170 Å². The third-order valence-corrected chi connectivity index (χ3v) is 6.44. The van der Waals surface area contributed by atoms with E-state index in [4.69, 9.17) is 4.74 Å². The van der Waals surface area contributed by atoms with E-state index in [1.165, 1.54) is 6.07 Å². The van der Waals surface area contributed by atoms with E-state index < -0.39 is 28.6 Å². The van der Waals surface area contributed by atoms with Gasteiger partial charge in [0.25, 0.3) is 0 Å². The fourth-order valence-corrected chi connectivity index (χ4v) is 5.34. The van der Waals surface area contributed by atoms with Gasteiger partial charge in [-0.3, -0.25) is 0 Å². The molecule has 0 saturated carbocycles. The van der Waals surface area contributed by atoms with E-state index in [-0.39, 0.29) is 6.61 Å². The molecule has 0 aliphatic rings. The normalized spacial score (nSPS) is 12.4. The largest absolute Gasteiger partial charge is 0.462 e. The molecule has 3 aromatic carbocycles. The fraction of sp³-hybridized carbons (Fsp3) is 0.174. The van der Waals surface area contributed by atoms with Crippen molar-refractivity contribution in [1.29, 1.82) is 0 Å². The van der Waals surface area contributed by atoms with Crippen LogP contribution in [0.2, 0.25) is 0 Å². The van der Waals surface area contributed by atoms with Gasteiger partial charge in [-0.25, -0.2) is 4.79 Å². The Kier molecular flexibility index (Phi) is 6.33. The minimum atomic E-state index is -4.45. The molecule has 0 heterocycles. The Morgan fingerprint density at radius 1 is 0.931 bits per heavy atom. The van der Waals surface area contributed by atoms with Crippen LogP contribution in [-0.4, -0.2) is 12.6 Å². The van der Waals surface area contributed by atoms with E-state index in [2.05, 4.69) is 0 Å². The Balaban J connectivity index is 2.25. The highest BCUT2D eigenvalue weighted by molar-refractivity contribution is 7.97. The molecule has 0 bridgehead atoms. The summed E-state index contributed by atoms with van der Waals surface area (Å²) >= 11 is 0. The van der Waals surface area contributed by atoms with E-state index in [0.717, 1.165) is 11.0 Å². The number of alkyl halides is 3. The lowest BCUT2D eigenvalue weighted by Gasteiger charge is -2.14. The molecule has 0 N–H and O–H groups in total. The fourth-order valence-electron chi connectivity index (χ4n) is 3.00. The zero-order valence-electron chi connectivity index (χ0n) is 16.0. The number of carbonyl (C=O) groups excluding carboxylic acids is 1. The van der Waals surface area contributed by atoms with E-state index in [1.807, 2.05) is 30.3 Å². The zero-order chi connectivity index (χ0) is 21.0. The number of rotatable bonds is 5. The van der Waals surface area contributed by atoms with E-state index in [9.17, 15) is 18.0 Å². The summed E-state index contributed by atoms with van der Waals surface area (Å²) in [6.07, 6.45) is -4.45. The van der Waals surface area contributed by atoms with Crippen molar-refractivity contribution in [2.24, 2.45) is 0 Å². The molecule has 0 aromatic heterocycles. The standard InChI is InChI=1S/C23H20F3O2S/c1-3-28-22(27)20-11-7-8-12-21(20)29(18-9-5-4-6-10-18)19-14-16(2)13-17(15-19)23(24,25)26/h4-15H,3H2,1-2H3/q+1. The summed E-state index contributed by atoms with van der Waals surface area (Å²) in [6, 6.07) is 20.2. The van der Waals surface area contributed by atoms with Gasteiger partial charge in [-0.05, 0) is 55.8 Å². The van der Waals surface area contributed by atoms with Crippen LogP contribution in [0, 0.1) is 6.92 Å². The van der Waals surface area contributed by atoms with Crippen molar-refractivity contribution in [3.8, 4) is 0 Å². The minimum absolute atomic E-state index is 0.217. The van der Waals surface area contributed by atoms with Gasteiger partial charge in [-0.15, -0.1) is 0 Å². The number of halogens is 3. The number of hydrogen-bond donors (Lipinski definition) is 0. The lowest BCUT2D eigenvalue weighted by atomic mass is 10.1. The molecule has 1 atom stereocenters. The van der Waals surface area contributed by atoms with Crippen LogP contribution in [0.1, 0.15) is 28.4 Å². The third-order valence-electron chi connectivity index (χ3n) is 4.20. The second-order valence-corrected chi connectivity index (χ2v) is 8.36. The molecule has 0 aliphatic carbocycles. The van der Waals surface area contributed by atoms with Crippen LogP contribution in [0.5, 0.6) is 0 Å². The van der Waals surface area contributed by atoms with E-state index >= 15 is 0 Å². The summed E-state index contributed by atoms with van der Waals surface area (Å²) in [5, 5.41) is 0. The summed E-state index contributed by atoms with van der Waals surface area (Å²) in [5.41, 5.74) is 0.169. The van der Waals surface area contributed by atoms with Gasteiger partial charge in [0.15, 0.2) is 14.7 Å². The number of ether oxygens (including phenoxy) is 1. The Morgan fingerprint density at radius 3 is 2.24 bits per heavy atom. The Morgan fingerprint density at radius 2 is 1.59 bits per heavy atom. The van der Waals surface area contributed by atoms with Crippen molar-refractivity contribution in [2.75, 3.05) is 6.61 Å². The molecule has 3 aromatic rings. The van der Waals surface area contributed by atoms with E-state index in [0.29, 0.717) is 20.9 Å². The SMILES string of the molecule is CCOC(=O)c1ccccc1[S+](c1ccccc1)c1cc(C)cc(C(F)(F)F)c1. The second kappa shape index (κ2) is 8.74. The highest BCUT2D eigenvalue weighted by atomic mass is 32.2. The molecule has 0 amide bonds. The summed E-state index contributed by atoms with van der Waals surface area (Å²) in [4.78, 5) is 14.5. The molecular weight excluding hydrogens is 397 g/mol. The molecule has 0 fully saturated rings. The molecule has 150 valence electrons. The van der Waals surface area contributed by atoms with Crippen molar-refractivity contribution in [3.63, 3.8) is 0 Å². The van der Waals surface area contributed by atoms with Gasteiger partial charge in [0, 0.05) is 6.07 Å². The monoisotopic (exact) mass is 417 g/mol. The first-order chi connectivity index (χ1) is 13.8. The van der Waals surface area contributed by atoms with Gasteiger partial charge in [-0.1, -0.05) is 30.3 Å². The third kappa shape index (κ3) is 4.82. The highest BCUT2D eigenvalue weighted by Crippen LogP contribution is 2.37. The first-order valence-electron chi connectivity index (χ1n) is 9.05. The smallest absolute Gasteiger partial charge is 0.416 e. The predicted molar refractivity (Wildman–Crippen MR) is 107 cm³/mol. The molecule has 0 spiro atoms. The maximum Gasteiger partial charge on any atom is 0.416 e. The summed E-state index contributed by atoms with van der Waals surface area (Å²) in [7, 11) is -0.907. The average molecular weight is 417 g/mol. The highest BCUT2D eigenvalue weighted by Gasteiger charge is 2.37. The average Bonchev–Trinajstić information content (AvgIpc) is 2.68. The number of esters is 1. The van der Waals surface area contributed by atoms with Crippen LogP contribution < -0.4 is 0 Å². The van der Waals surface area contributed by atoms with Crippen molar-refractivity contribution < 1.29 is 22.7 Å².